The zero-order valence-corrected chi connectivity index (χ0v) is 22.1. The van der Waals surface area contributed by atoms with Crippen LogP contribution in [0.5, 0.6) is 0 Å². The summed E-state index contributed by atoms with van der Waals surface area (Å²) in [6.45, 7) is 17.6. The fourth-order valence-electron chi connectivity index (χ4n) is 4.09. The van der Waals surface area contributed by atoms with E-state index in [0.717, 1.165) is 6.42 Å². The van der Waals surface area contributed by atoms with Crippen molar-refractivity contribution in [3.05, 3.63) is 60.7 Å². The van der Waals surface area contributed by atoms with Crippen LogP contribution in [-0.4, -0.2) is 44.1 Å². The Bertz CT molecular complexity index is 801. The highest BCUT2D eigenvalue weighted by atomic mass is 28.4. The maximum absolute atomic E-state index is 12.9. The minimum Gasteiger partial charge on any atom is -0.444 e. The fraction of sp³-hybridized carbons (Fsp3) is 0.519. The number of hydrogen-bond donors (Lipinski definition) is 0. The first-order valence-corrected chi connectivity index (χ1v) is 13.6. The molecule has 0 aliphatic rings. The zero-order chi connectivity index (χ0) is 24.0. The summed E-state index contributed by atoms with van der Waals surface area (Å²) < 4.78 is 12.6. The lowest BCUT2D eigenvalue weighted by Crippen LogP contribution is -2.67. The molecule has 2 rings (SSSR count). The van der Waals surface area contributed by atoms with Crippen LogP contribution in [0.1, 0.15) is 61.8 Å². The van der Waals surface area contributed by atoms with Crippen LogP contribution < -0.4 is 10.4 Å². The number of carbonyl (C=O) groups is 1. The van der Waals surface area contributed by atoms with Crippen molar-refractivity contribution in [2.24, 2.45) is 0 Å². The Morgan fingerprint density at radius 1 is 0.906 bits per heavy atom. The van der Waals surface area contributed by atoms with Crippen LogP contribution >= 0.6 is 0 Å². The van der Waals surface area contributed by atoms with E-state index in [4.69, 9.17) is 9.16 Å². The van der Waals surface area contributed by atoms with Crippen LogP contribution in [0.3, 0.4) is 0 Å². The molecule has 2 aromatic carbocycles. The van der Waals surface area contributed by atoms with Gasteiger partial charge in [-0.05, 0) is 49.5 Å². The number of ether oxygens (including phenoxy) is 1. The molecular formula is C27H41NO3Si. The van der Waals surface area contributed by atoms with Gasteiger partial charge in [0.15, 0.2) is 0 Å². The maximum Gasteiger partial charge on any atom is 0.410 e. The molecule has 4 nitrogen and oxygen atoms in total. The first-order chi connectivity index (χ1) is 14.9. The number of hydrogen-bond acceptors (Lipinski definition) is 3. The van der Waals surface area contributed by atoms with Gasteiger partial charge in [-0.25, -0.2) is 4.79 Å². The third kappa shape index (κ3) is 6.23. The summed E-state index contributed by atoms with van der Waals surface area (Å²) in [6.07, 6.45) is 0.580. The highest BCUT2D eigenvalue weighted by molar-refractivity contribution is 6.99. The Labute approximate surface area is 196 Å². The van der Waals surface area contributed by atoms with E-state index in [0.29, 0.717) is 13.2 Å². The predicted molar refractivity (Wildman–Crippen MR) is 136 cm³/mol. The third-order valence-corrected chi connectivity index (χ3v) is 10.9. The van der Waals surface area contributed by atoms with Gasteiger partial charge in [0.2, 0.25) is 0 Å². The van der Waals surface area contributed by atoms with Crippen LogP contribution in [0.25, 0.3) is 0 Å². The van der Waals surface area contributed by atoms with Crippen LogP contribution in [0.2, 0.25) is 5.04 Å². The van der Waals surface area contributed by atoms with Crippen LogP contribution in [0.15, 0.2) is 60.7 Å². The Balaban J connectivity index is 2.39. The normalized spacial score (nSPS) is 13.5. The summed E-state index contributed by atoms with van der Waals surface area (Å²) in [5.74, 6) is 0. The summed E-state index contributed by atoms with van der Waals surface area (Å²) in [6, 6.07) is 21.2. The molecule has 0 aliphatic heterocycles. The lowest BCUT2D eigenvalue weighted by Gasteiger charge is -2.43. The Morgan fingerprint density at radius 2 is 1.38 bits per heavy atom. The first-order valence-electron chi connectivity index (χ1n) is 11.7. The van der Waals surface area contributed by atoms with Gasteiger partial charge in [0.05, 0.1) is 6.61 Å². The molecule has 1 amide bonds. The van der Waals surface area contributed by atoms with E-state index in [2.05, 4.69) is 83.1 Å². The molecule has 0 fully saturated rings. The molecule has 32 heavy (non-hydrogen) atoms. The number of carbonyl (C=O) groups excluding carboxylic acids is 1. The van der Waals surface area contributed by atoms with Gasteiger partial charge >= 0.3 is 6.09 Å². The van der Waals surface area contributed by atoms with Crippen molar-refractivity contribution in [3.63, 3.8) is 0 Å². The van der Waals surface area contributed by atoms with Crippen LogP contribution in [0, 0.1) is 0 Å². The molecule has 0 bridgehead atoms. The van der Waals surface area contributed by atoms with E-state index >= 15 is 0 Å². The van der Waals surface area contributed by atoms with Gasteiger partial charge in [0, 0.05) is 12.6 Å². The zero-order valence-electron chi connectivity index (χ0n) is 21.1. The van der Waals surface area contributed by atoms with Crippen LogP contribution in [0.4, 0.5) is 4.79 Å². The summed E-state index contributed by atoms with van der Waals surface area (Å²) in [4.78, 5) is 14.7. The summed E-state index contributed by atoms with van der Waals surface area (Å²) in [5.41, 5.74) is -0.526. The monoisotopic (exact) mass is 455 g/mol. The van der Waals surface area contributed by atoms with Gasteiger partial charge in [-0.2, -0.15) is 0 Å². The molecule has 2 aromatic rings. The molecule has 1 unspecified atom stereocenters. The van der Waals surface area contributed by atoms with Gasteiger partial charge in [-0.15, -0.1) is 0 Å². The second-order valence-corrected chi connectivity index (χ2v) is 14.7. The molecule has 0 saturated carbocycles. The molecule has 0 aliphatic carbocycles. The minimum absolute atomic E-state index is 0.0765. The Kier molecular flexibility index (Phi) is 8.72. The van der Waals surface area contributed by atoms with Crippen molar-refractivity contribution in [2.45, 2.75) is 78.5 Å². The molecule has 0 N–H and O–H groups in total. The molecule has 0 radical (unpaired) electrons. The standard InChI is InChI=1S/C27H41NO3Si/c1-9-22(2)28(25(29)31-26(3,4)5)20-21-30-32(27(6,7)8,23-16-12-10-13-17-23)24-18-14-11-15-19-24/h10-19,22H,9,20-21H2,1-8H3. The van der Waals surface area contributed by atoms with Gasteiger partial charge in [0.1, 0.15) is 5.60 Å². The van der Waals surface area contributed by atoms with E-state index < -0.39 is 13.9 Å². The largest absolute Gasteiger partial charge is 0.444 e. The number of benzene rings is 2. The second-order valence-electron chi connectivity index (χ2n) is 10.4. The van der Waals surface area contributed by atoms with Gasteiger partial charge < -0.3 is 14.1 Å². The topological polar surface area (TPSA) is 38.8 Å². The Morgan fingerprint density at radius 3 is 1.75 bits per heavy atom. The van der Waals surface area contributed by atoms with Crippen molar-refractivity contribution in [2.75, 3.05) is 13.2 Å². The summed E-state index contributed by atoms with van der Waals surface area (Å²) in [7, 11) is -2.62. The highest BCUT2D eigenvalue weighted by Crippen LogP contribution is 2.36. The predicted octanol–water partition coefficient (Wildman–Crippen LogP) is 5.60. The molecule has 5 heteroatoms. The number of rotatable bonds is 8. The van der Waals surface area contributed by atoms with Crippen molar-refractivity contribution < 1.29 is 14.0 Å². The lowest BCUT2D eigenvalue weighted by molar-refractivity contribution is 0.0142. The number of amides is 1. The summed E-state index contributed by atoms with van der Waals surface area (Å²) in [5, 5.41) is 2.39. The smallest absolute Gasteiger partial charge is 0.410 e. The van der Waals surface area contributed by atoms with Crippen molar-refractivity contribution in [3.8, 4) is 0 Å². The summed E-state index contributed by atoms with van der Waals surface area (Å²) >= 11 is 0. The maximum atomic E-state index is 12.9. The average molecular weight is 456 g/mol. The second kappa shape index (κ2) is 10.7. The first kappa shape index (κ1) is 26.1. The minimum atomic E-state index is -2.62. The lowest BCUT2D eigenvalue weighted by atomic mass is 10.2. The van der Waals surface area contributed by atoms with Gasteiger partial charge in [-0.1, -0.05) is 88.4 Å². The number of nitrogens with zero attached hydrogens (tertiary/aromatic N) is 1. The third-order valence-electron chi connectivity index (χ3n) is 5.82. The van der Waals surface area contributed by atoms with E-state index in [9.17, 15) is 4.79 Å². The average Bonchev–Trinajstić information content (AvgIpc) is 2.72. The van der Waals surface area contributed by atoms with E-state index in [-0.39, 0.29) is 17.2 Å². The van der Waals surface area contributed by atoms with Gasteiger partial charge in [0.25, 0.3) is 8.32 Å². The quantitative estimate of drug-likeness (QED) is 0.487. The van der Waals surface area contributed by atoms with E-state index in [1.807, 2.05) is 37.8 Å². The van der Waals surface area contributed by atoms with E-state index in [1.54, 1.807) is 0 Å². The molecule has 0 aromatic heterocycles. The Hall–Kier alpha value is -2.11. The fourth-order valence-corrected chi connectivity index (χ4v) is 8.64. The highest BCUT2D eigenvalue weighted by Gasteiger charge is 2.50. The van der Waals surface area contributed by atoms with Gasteiger partial charge in [-0.3, -0.25) is 0 Å². The van der Waals surface area contributed by atoms with Crippen molar-refractivity contribution >= 4 is 24.8 Å². The van der Waals surface area contributed by atoms with Crippen LogP contribution in [-0.2, 0) is 9.16 Å². The molecule has 0 spiro atoms. The molecule has 0 heterocycles. The SMILES string of the molecule is CCC(C)N(CCO[Si](c1ccccc1)(c1ccccc1)C(C)(C)C)C(=O)OC(C)(C)C. The molecule has 1 atom stereocenters. The molecule has 176 valence electrons. The van der Waals surface area contributed by atoms with Crippen molar-refractivity contribution in [1.82, 2.24) is 4.90 Å². The molecule has 0 saturated heterocycles. The molecular weight excluding hydrogens is 414 g/mol. The van der Waals surface area contributed by atoms with Crippen molar-refractivity contribution in [1.29, 1.82) is 0 Å². The van der Waals surface area contributed by atoms with E-state index in [1.165, 1.54) is 10.4 Å².